The van der Waals surface area contributed by atoms with E-state index in [-0.39, 0.29) is 24.2 Å². The van der Waals surface area contributed by atoms with E-state index in [1.54, 1.807) is 43.3 Å². The number of ether oxygens (including phenoxy) is 5. The lowest BCUT2D eigenvalue weighted by atomic mass is 10.2. The first-order valence-corrected chi connectivity index (χ1v) is 18.9. The number of methoxy groups -OCH3 is 1. The number of aliphatic hydroxyl groups is 1. The molecule has 3 aromatic carbocycles. The van der Waals surface area contributed by atoms with Gasteiger partial charge < -0.3 is 23.5 Å². The third-order valence-corrected chi connectivity index (χ3v) is 8.27. The van der Waals surface area contributed by atoms with Gasteiger partial charge in [0.1, 0.15) is 11.5 Å². The number of quaternary nitrogens is 1. The summed E-state index contributed by atoms with van der Waals surface area (Å²) >= 11 is 0. The third-order valence-electron chi connectivity index (χ3n) is 6.62. The van der Waals surface area contributed by atoms with E-state index in [2.05, 4.69) is 0 Å². The van der Waals surface area contributed by atoms with Gasteiger partial charge in [-0.1, -0.05) is 55.5 Å². The summed E-state index contributed by atoms with van der Waals surface area (Å²) in [5.41, 5.74) is 0.262. The van der Waals surface area contributed by atoms with Crippen LogP contribution < -0.4 is 9.02 Å². The molecule has 0 aliphatic carbocycles. The Morgan fingerprint density at radius 1 is 0.788 bits per heavy atom. The normalized spacial score (nSPS) is 15.2. The van der Waals surface area contributed by atoms with Crippen LogP contribution in [0.15, 0.2) is 84.9 Å². The molecule has 0 fully saturated rings. The SMILES string of the molecule is CCCC(=O)OC(OC(C)=O)(OC(=O)c1ccccc1)[N+](CO)(Oc1ccc(OS(=O)(=O)Cc2ccccc2)cc1)C(OC)(OCC)OS(C)(=O)=O. The predicted octanol–water partition coefficient (Wildman–Crippen LogP) is 3.30. The Balaban J connectivity index is 2.31. The number of carbonyl (C=O) groups is 3. The molecule has 0 saturated carbocycles. The van der Waals surface area contributed by atoms with E-state index in [0.29, 0.717) is 11.8 Å². The van der Waals surface area contributed by atoms with Crippen molar-refractivity contribution in [1.29, 1.82) is 0 Å². The molecule has 0 aliphatic rings. The van der Waals surface area contributed by atoms with Crippen LogP contribution in [-0.2, 0) is 63.4 Å². The minimum Gasteiger partial charge on any atom is -0.382 e. The molecular formula is C33H40NO16S2+. The molecule has 0 heterocycles. The van der Waals surface area contributed by atoms with Crippen LogP contribution in [0, 0.1) is 0 Å². The number of esters is 3. The summed E-state index contributed by atoms with van der Waals surface area (Å²) in [6.45, 7) is 1.62. The molecule has 3 aromatic rings. The van der Waals surface area contributed by atoms with Gasteiger partial charge in [0.25, 0.3) is 10.1 Å². The zero-order valence-corrected chi connectivity index (χ0v) is 30.6. The number of hydroxylamine groups is 3. The lowest BCUT2D eigenvalue weighted by Gasteiger charge is -2.48. The molecule has 0 aromatic heterocycles. The Morgan fingerprint density at radius 3 is 1.87 bits per heavy atom. The highest BCUT2D eigenvalue weighted by Gasteiger charge is 2.81. The van der Waals surface area contributed by atoms with Crippen molar-refractivity contribution in [2.45, 2.75) is 51.6 Å². The quantitative estimate of drug-likeness (QED) is 0.0574. The number of aliphatic hydroxyl groups excluding tert-OH is 1. The van der Waals surface area contributed by atoms with E-state index in [1.165, 1.54) is 31.2 Å². The van der Waals surface area contributed by atoms with Crippen LogP contribution in [0.25, 0.3) is 0 Å². The van der Waals surface area contributed by atoms with Crippen LogP contribution in [0.3, 0.4) is 0 Å². The van der Waals surface area contributed by atoms with Gasteiger partial charge in [-0.15, -0.1) is 0 Å². The molecule has 52 heavy (non-hydrogen) atoms. The number of hydrogen-bond donors (Lipinski definition) is 1. The second kappa shape index (κ2) is 17.7. The summed E-state index contributed by atoms with van der Waals surface area (Å²) in [7, 11) is -8.06. The van der Waals surface area contributed by atoms with Crippen molar-refractivity contribution >= 4 is 38.1 Å². The molecule has 0 bridgehead atoms. The molecule has 17 nitrogen and oxygen atoms in total. The fourth-order valence-corrected chi connectivity index (χ4v) is 6.27. The van der Waals surface area contributed by atoms with Crippen molar-refractivity contribution in [1.82, 2.24) is 0 Å². The highest BCUT2D eigenvalue weighted by Crippen LogP contribution is 2.44. The minimum absolute atomic E-state index is 0.150. The fourth-order valence-electron chi connectivity index (χ4n) is 4.59. The van der Waals surface area contributed by atoms with Crippen molar-refractivity contribution in [3.63, 3.8) is 0 Å². The highest BCUT2D eigenvalue weighted by molar-refractivity contribution is 7.86. The monoisotopic (exact) mass is 770 g/mol. The second-order valence-electron chi connectivity index (χ2n) is 10.8. The average molecular weight is 771 g/mol. The van der Waals surface area contributed by atoms with E-state index < -0.39 is 79.8 Å². The Labute approximate surface area is 301 Å². The Bertz CT molecular complexity index is 1880. The molecule has 284 valence electrons. The van der Waals surface area contributed by atoms with Crippen molar-refractivity contribution in [2.24, 2.45) is 0 Å². The van der Waals surface area contributed by atoms with E-state index in [0.717, 1.165) is 38.3 Å². The number of carbonyl (C=O) groups excluding carboxylic acids is 3. The van der Waals surface area contributed by atoms with Crippen LogP contribution >= 0.6 is 0 Å². The third kappa shape index (κ3) is 10.5. The van der Waals surface area contributed by atoms with Crippen molar-refractivity contribution in [3.05, 3.63) is 96.1 Å². The number of nitrogens with zero attached hydrogens (tertiary/aromatic N) is 1. The molecule has 3 rings (SSSR count). The van der Waals surface area contributed by atoms with E-state index in [4.69, 9.17) is 36.9 Å². The van der Waals surface area contributed by atoms with Crippen molar-refractivity contribution in [2.75, 3.05) is 26.7 Å². The molecule has 0 saturated heterocycles. The van der Waals surface area contributed by atoms with Crippen molar-refractivity contribution in [3.8, 4) is 11.5 Å². The average Bonchev–Trinajstić information content (AvgIpc) is 3.07. The summed E-state index contributed by atoms with van der Waals surface area (Å²) in [6, 6.07) is 19.6. The maximum absolute atomic E-state index is 13.7. The van der Waals surface area contributed by atoms with Gasteiger partial charge in [-0.3, -0.25) is 23.9 Å². The van der Waals surface area contributed by atoms with Gasteiger partial charge in [0, 0.05) is 20.5 Å². The Kier molecular flexibility index (Phi) is 14.2. The van der Waals surface area contributed by atoms with Gasteiger partial charge in [0.05, 0.1) is 23.1 Å². The number of benzene rings is 3. The van der Waals surface area contributed by atoms with Gasteiger partial charge in [0.2, 0.25) is 6.73 Å². The lowest BCUT2D eigenvalue weighted by molar-refractivity contribution is -1.25. The number of hydrogen-bond acceptors (Lipinski definition) is 16. The zero-order valence-electron chi connectivity index (χ0n) is 29.0. The molecule has 1 N–H and O–H groups in total. The Hall–Kier alpha value is -4.63. The molecule has 0 radical (unpaired) electrons. The highest BCUT2D eigenvalue weighted by atomic mass is 32.2. The molecule has 0 aliphatic heterocycles. The topological polar surface area (TPSA) is 214 Å². The standard InChI is InChI=1S/C33H40NO16S2/c1-6-14-30(37)46-33(45-25(3)36,47-31(38)27-17-12-9-13-18-27)34(24-35,32(43-4,44-7-2)50-51(5,39)40)48-28-19-21-29(22-20-28)49-52(41,42)23-26-15-10-8-11-16-26/h8-13,15-22,35H,6-7,14,23-24H2,1-5H3/q+1. The first kappa shape index (κ1) is 41.8. The maximum atomic E-state index is 13.7. The maximum Gasteiger partial charge on any atom is 0.647 e. The summed E-state index contributed by atoms with van der Waals surface area (Å²) in [6.07, 6.45) is -6.66. The molecule has 0 amide bonds. The van der Waals surface area contributed by atoms with Gasteiger partial charge in [-0.2, -0.15) is 21.0 Å². The summed E-state index contributed by atoms with van der Waals surface area (Å²) < 4.78 is 87.0. The predicted molar refractivity (Wildman–Crippen MR) is 179 cm³/mol. The van der Waals surface area contributed by atoms with Crippen LogP contribution in [0.5, 0.6) is 11.5 Å². The summed E-state index contributed by atoms with van der Waals surface area (Å²) in [5, 5.41) is 11.3. The van der Waals surface area contributed by atoms with E-state index in [1.807, 2.05) is 0 Å². The molecular weight excluding hydrogens is 730 g/mol. The van der Waals surface area contributed by atoms with Gasteiger partial charge in [-0.05, 0) is 55.3 Å². The van der Waals surface area contributed by atoms with Crippen LogP contribution in [0.1, 0.15) is 49.5 Å². The zero-order chi connectivity index (χ0) is 38.6. The first-order chi connectivity index (χ1) is 24.5. The van der Waals surface area contributed by atoms with Gasteiger partial charge in [0.15, 0.2) is 5.75 Å². The minimum atomic E-state index is -4.73. The van der Waals surface area contributed by atoms with E-state index in [9.17, 15) is 36.3 Å². The van der Waals surface area contributed by atoms with Crippen LogP contribution in [-0.4, -0.2) is 83.4 Å². The fraction of sp³-hybridized carbons (Fsp3) is 0.364. The van der Waals surface area contributed by atoms with Gasteiger partial charge >= 0.3 is 40.2 Å². The first-order valence-electron chi connectivity index (χ1n) is 15.5. The molecule has 19 heteroatoms. The summed E-state index contributed by atoms with van der Waals surface area (Å²) in [5.74, 6) is -4.94. The van der Waals surface area contributed by atoms with E-state index >= 15 is 0 Å². The van der Waals surface area contributed by atoms with Crippen LogP contribution in [0.4, 0.5) is 0 Å². The van der Waals surface area contributed by atoms with Crippen molar-refractivity contribution < 1.29 is 77.9 Å². The van der Waals surface area contributed by atoms with Crippen LogP contribution in [0.2, 0.25) is 0 Å². The summed E-state index contributed by atoms with van der Waals surface area (Å²) in [4.78, 5) is 45.9. The second-order valence-corrected chi connectivity index (χ2v) is 13.9. The largest absolute Gasteiger partial charge is 0.647 e. The van der Waals surface area contributed by atoms with Gasteiger partial charge in [-0.25, -0.2) is 4.79 Å². The lowest BCUT2D eigenvalue weighted by Crippen LogP contribution is -2.82. The molecule has 0 spiro atoms. The molecule has 3 unspecified atom stereocenters. The number of rotatable bonds is 20. The Morgan fingerprint density at radius 2 is 1.37 bits per heavy atom. The smallest absolute Gasteiger partial charge is 0.382 e. The molecule has 3 atom stereocenters.